The lowest BCUT2D eigenvalue weighted by atomic mass is 10.6. The van der Waals surface area contributed by atoms with Gasteiger partial charge in [0.2, 0.25) is 6.08 Å². The summed E-state index contributed by atoms with van der Waals surface area (Å²) in [6, 6.07) is 0. The number of rotatable bonds is 1. The van der Waals surface area contributed by atoms with E-state index in [2.05, 4.69) is 28.7 Å². The van der Waals surface area contributed by atoms with Gasteiger partial charge >= 0.3 is 0 Å². The zero-order valence-electron chi connectivity index (χ0n) is 6.66. The molecule has 0 N–H and O–H groups in total. The second kappa shape index (κ2) is 15.9. The van der Waals surface area contributed by atoms with Crippen LogP contribution in [-0.4, -0.2) is 6.08 Å². The number of allylic oxidation sites excluding steroid dienone is 1. The molecule has 0 atom stereocenters. The second-order valence-electron chi connectivity index (χ2n) is 1.24. The van der Waals surface area contributed by atoms with Gasteiger partial charge in [-0.25, -0.2) is 4.79 Å². The molecule has 0 rings (SSSR count). The molecule has 0 amide bonds. The highest BCUT2D eigenvalue weighted by Gasteiger charge is 1.48. The largest absolute Gasteiger partial charge is 0.239 e. The lowest BCUT2D eigenvalue weighted by molar-refractivity contribution is 0.565. The maximum absolute atomic E-state index is 9.22. The van der Waals surface area contributed by atoms with Crippen LogP contribution in [0.2, 0.25) is 0 Å². The van der Waals surface area contributed by atoms with E-state index >= 15 is 0 Å². The van der Waals surface area contributed by atoms with Crippen LogP contribution in [0.3, 0.4) is 0 Å². The number of carbonyl (C=O) groups excluding carboxylic acids is 1. The molecule has 0 spiro atoms. The first-order chi connectivity index (χ1) is 5.83. The Morgan fingerprint density at radius 2 is 1.75 bits per heavy atom. The maximum Gasteiger partial charge on any atom is 0.239 e. The molecule has 2 heteroatoms. The van der Waals surface area contributed by atoms with Gasteiger partial charge in [0.05, 0.1) is 0 Å². The molecule has 0 aliphatic heterocycles. The van der Waals surface area contributed by atoms with Gasteiger partial charge in [-0.15, -0.1) is 12.8 Å². The average molecular weight is 157 g/mol. The topological polar surface area (TPSA) is 29.4 Å². The highest BCUT2D eigenvalue weighted by atomic mass is 16.1. The molecule has 0 radical (unpaired) electrons. The van der Waals surface area contributed by atoms with Crippen LogP contribution in [-0.2, 0) is 4.79 Å². The molecule has 0 heterocycles. The number of aliphatic imine (C=N–C) groups is 1. The molecule has 0 aromatic carbocycles. The first-order valence-electron chi connectivity index (χ1n) is 2.92. The van der Waals surface area contributed by atoms with E-state index in [4.69, 9.17) is 12.8 Å². The Bertz CT molecular complexity index is 290. The summed E-state index contributed by atoms with van der Waals surface area (Å²) in [6.07, 6.45) is 13.8. The molecular formula is C10H7NO. The van der Waals surface area contributed by atoms with Crippen LogP contribution < -0.4 is 0 Å². The molecule has 0 bridgehead atoms. The number of hydrogen-bond acceptors (Lipinski definition) is 2. The normalized spacial score (nSPS) is 5.58. The van der Waals surface area contributed by atoms with E-state index in [-0.39, 0.29) is 0 Å². The Balaban J connectivity index is 0. The zero-order chi connectivity index (χ0) is 9.66. The Labute approximate surface area is 72.4 Å². The third kappa shape index (κ3) is 25.0. The van der Waals surface area contributed by atoms with Crippen LogP contribution in [0.25, 0.3) is 0 Å². The van der Waals surface area contributed by atoms with Gasteiger partial charge in [-0.05, 0) is 30.6 Å². The molecule has 12 heavy (non-hydrogen) atoms. The van der Waals surface area contributed by atoms with Crippen LogP contribution in [0.5, 0.6) is 0 Å². The van der Waals surface area contributed by atoms with Gasteiger partial charge in [0.1, 0.15) is 0 Å². The standard InChI is InChI=1S/C6H2.C4H5NO/c1-3-5-6-4-2;1-2-3-5-4-6/h1-2H;2-3H,1H3/b;3-2+. The Kier molecular flexibility index (Phi) is 16.5. The fourth-order valence-electron chi connectivity index (χ4n) is 0.177. The van der Waals surface area contributed by atoms with Crippen molar-refractivity contribution in [2.45, 2.75) is 6.92 Å². The van der Waals surface area contributed by atoms with E-state index in [0.29, 0.717) is 0 Å². The summed E-state index contributed by atoms with van der Waals surface area (Å²) >= 11 is 0. The molecule has 0 unspecified atom stereocenters. The van der Waals surface area contributed by atoms with Crippen molar-refractivity contribution in [3.8, 4) is 36.5 Å². The van der Waals surface area contributed by atoms with Crippen LogP contribution in [0.15, 0.2) is 17.3 Å². The smallest absolute Gasteiger partial charge is 0.211 e. The Hall–Kier alpha value is -2.20. The average Bonchev–Trinajstić information content (AvgIpc) is 2.12. The molecular weight excluding hydrogens is 150 g/mol. The van der Waals surface area contributed by atoms with E-state index in [1.807, 2.05) is 0 Å². The molecule has 0 saturated carbocycles. The van der Waals surface area contributed by atoms with E-state index in [1.165, 1.54) is 12.3 Å². The first-order valence-corrected chi connectivity index (χ1v) is 2.92. The fourth-order valence-corrected chi connectivity index (χ4v) is 0.177. The number of terminal acetylenes is 2. The lowest BCUT2D eigenvalue weighted by Gasteiger charge is -1.55. The maximum atomic E-state index is 9.22. The van der Waals surface area contributed by atoms with Crippen molar-refractivity contribution < 1.29 is 4.79 Å². The van der Waals surface area contributed by atoms with Gasteiger partial charge in [-0.1, -0.05) is 6.08 Å². The number of nitrogens with zero attached hydrogens (tertiary/aromatic N) is 1. The minimum absolute atomic E-state index is 1.36. The van der Waals surface area contributed by atoms with Crippen molar-refractivity contribution >= 4 is 6.08 Å². The number of isocyanates is 1. The van der Waals surface area contributed by atoms with Crippen LogP contribution >= 0.6 is 0 Å². The number of hydrogen-bond donors (Lipinski definition) is 0. The van der Waals surface area contributed by atoms with Gasteiger partial charge < -0.3 is 0 Å². The van der Waals surface area contributed by atoms with Gasteiger partial charge in [-0.3, -0.25) is 0 Å². The predicted octanol–water partition coefficient (Wildman–Crippen LogP) is 1.11. The van der Waals surface area contributed by atoms with Crippen LogP contribution in [0.4, 0.5) is 0 Å². The van der Waals surface area contributed by atoms with E-state index < -0.39 is 0 Å². The molecule has 0 aromatic heterocycles. The molecule has 0 aliphatic carbocycles. The highest BCUT2D eigenvalue weighted by molar-refractivity contribution is 5.34. The summed E-state index contributed by atoms with van der Waals surface area (Å²) in [7, 11) is 0. The van der Waals surface area contributed by atoms with Crippen molar-refractivity contribution in [3.05, 3.63) is 12.3 Å². The molecule has 0 saturated heterocycles. The third-order valence-electron chi connectivity index (χ3n) is 0.483. The summed E-state index contributed by atoms with van der Waals surface area (Å²) in [5.74, 6) is 8.61. The van der Waals surface area contributed by atoms with Gasteiger partial charge in [0.25, 0.3) is 0 Å². The molecule has 0 aliphatic rings. The summed E-state index contributed by atoms with van der Waals surface area (Å²) in [5, 5.41) is 0. The van der Waals surface area contributed by atoms with Gasteiger partial charge in [0.15, 0.2) is 0 Å². The van der Waals surface area contributed by atoms with E-state index in [1.54, 1.807) is 13.0 Å². The monoisotopic (exact) mass is 157 g/mol. The van der Waals surface area contributed by atoms with Crippen LogP contribution in [0.1, 0.15) is 6.92 Å². The van der Waals surface area contributed by atoms with Crippen molar-refractivity contribution in [1.29, 1.82) is 0 Å². The zero-order valence-corrected chi connectivity index (χ0v) is 6.66. The predicted molar refractivity (Wildman–Crippen MR) is 48.4 cm³/mol. The second-order valence-corrected chi connectivity index (χ2v) is 1.24. The molecule has 0 aromatic rings. The van der Waals surface area contributed by atoms with Crippen molar-refractivity contribution in [1.82, 2.24) is 0 Å². The van der Waals surface area contributed by atoms with Crippen molar-refractivity contribution in [3.63, 3.8) is 0 Å². The lowest BCUT2D eigenvalue weighted by Crippen LogP contribution is -1.42. The van der Waals surface area contributed by atoms with Gasteiger partial charge in [-0.2, -0.15) is 4.99 Å². The minimum Gasteiger partial charge on any atom is -0.211 e. The van der Waals surface area contributed by atoms with Crippen molar-refractivity contribution in [2.24, 2.45) is 4.99 Å². The minimum atomic E-state index is 1.36. The van der Waals surface area contributed by atoms with Crippen molar-refractivity contribution in [2.75, 3.05) is 0 Å². The summed E-state index contributed by atoms with van der Waals surface area (Å²) in [5.41, 5.74) is 0. The SMILES string of the molecule is C#CC#CC#C.C/C=C/N=C=O. The quantitative estimate of drug-likeness (QED) is 0.318. The Morgan fingerprint density at radius 3 is 1.92 bits per heavy atom. The summed E-state index contributed by atoms with van der Waals surface area (Å²) in [4.78, 5) is 12.3. The summed E-state index contributed by atoms with van der Waals surface area (Å²) < 4.78 is 0. The Morgan fingerprint density at radius 1 is 1.25 bits per heavy atom. The van der Waals surface area contributed by atoms with E-state index in [9.17, 15) is 4.79 Å². The molecule has 0 fully saturated rings. The highest BCUT2D eigenvalue weighted by Crippen LogP contribution is 1.64. The molecule has 2 nitrogen and oxygen atoms in total. The molecule has 58 valence electrons. The third-order valence-corrected chi connectivity index (χ3v) is 0.483. The first kappa shape index (κ1) is 12.5. The fraction of sp³-hybridized carbons (Fsp3) is 0.100. The van der Waals surface area contributed by atoms with E-state index in [0.717, 1.165) is 0 Å². The van der Waals surface area contributed by atoms with Gasteiger partial charge in [0, 0.05) is 6.20 Å². The summed E-state index contributed by atoms with van der Waals surface area (Å²) in [6.45, 7) is 1.78. The van der Waals surface area contributed by atoms with Crippen LogP contribution in [0, 0.1) is 36.5 Å².